The predicted octanol–water partition coefficient (Wildman–Crippen LogP) is 4.35. The number of hydrogen-bond donors (Lipinski definition) is 1. The molecule has 3 aromatic rings. The van der Waals surface area contributed by atoms with Gasteiger partial charge >= 0.3 is 6.36 Å². The molecule has 0 bridgehead atoms. The molecule has 0 atom stereocenters. The van der Waals surface area contributed by atoms with Gasteiger partial charge in [-0.25, -0.2) is 0 Å². The second-order valence-electron chi connectivity index (χ2n) is 6.22. The Labute approximate surface area is 164 Å². The quantitative estimate of drug-likeness (QED) is 0.662. The molecule has 1 heterocycles. The number of nitrogens with one attached hydrogen (secondary N) is 1. The fourth-order valence-corrected chi connectivity index (χ4v) is 2.69. The average molecular weight is 405 g/mol. The molecule has 3 rings (SSSR count). The fourth-order valence-electron chi connectivity index (χ4n) is 2.69. The Morgan fingerprint density at radius 1 is 1.10 bits per heavy atom. The monoisotopic (exact) mass is 405 g/mol. The van der Waals surface area contributed by atoms with E-state index in [2.05, 4.69) is 15.2 Å². The number of rotatable bonds is 6. The summed E-state index contributed by atoms with van der Waals surface area (Å²) in [5, 5.41) is 6.90. The van der Waals surface area contributed by atoms with Crippen molar-refractivity contribution < 1.29 is 27.4 Å². The Morgan fingerprint density at radius 3 is 2.48 bits per heavy atom. The molecule has 0 fully saturated rings. The lowest BCUT2D eigenvalue weighted by molar-refractivity contribution is -0.275. The molecular formula is C20H18F3N3O3. The normalized spacial score (nSPS) is 11.2. The molecule has 1 amide bonds. The number of carbonyl (C=O) groups excluding carboxylic acids is 1. The third-order valence-electron chi connectivity index (χ3n) is 3.89. The maximum atomic E-state index is 12.5. The molecule has 6 nitrogen and oxygen atoms in total. The van der Waals surface area contributed by atoms with Gasteiger partial charge in [-0.2, -0.15) is 5.10 Å². The molecule has 0 spiro atoms. The molecular weight excluding hydrogens is 387 g/mol. The van der Waals surface area contributed by atoms with Crippen LogP contribution < -0.4 is 14.8 Å². The van der Waals surface area contributed by atoms with Gasteiger partial charge in [0.1, 0.15) is 11.4 Å². The summed E-state index contributed by atoms with van der Waals surface area (Å²) in [5.41, 5.74) is 1.87. The van der Waals surface area contributed by atoms with Crippen molar-refractivity contribution in [2.45, 2.75) is 19.8 Å². The third-order valence-corrected chi connectivity index (χ3v) is 3.89. The summed E-state index contributed by atoms with van der Waals surface area (Å²) in [6.45, 7) is 2.00. The Bertz CT molecular complexity index is 1020. The van der Waals surface area contributed by atoms with E-state index in [4.69, 9.17) is 4.74 Å². The second-order valence-corrected chi connectivity index (χ2v) is 6.22. The van der Waals surface area contributed by atoms with E-state index in [-0.39, 0.29) is 18.2 Å². The SMILES string of the molecule is Cc1cc(C(=O)NCc2cccc(Oc3ccccc3OC(F)(F)F)c2)n(C)n1. The van der Waals surface area contributed by atoms with Crippen molar-refractivity contribution in [3.63, 3.8) is 0 Å². The third kappa shape index (κ3) is 5.50. The molecule has 1 N–H and O–H groups in total. The van der Waals surface area contributed by atoms with Gasteiger partial charge < -0.3 is 14.8 Å². The number of nitrogens with zero attached hydrogens (tertiary/aromatic N) is 2. The zero-order chi connectivity index (χ0) is 21.0. The van der Waals surface area contributed by atoms with Gasteiger partial charge in [0, 0.05) is 13.6 Å². The number of benzene rings is 2. The number of aryl methyl sites for hydroxylation is 2. The highest BCUT2D eigenvalue weighted by atomic mass is 19.4. The van der Waals surface area contributed by atoms with E-state index in [0.717, 1.165) is 5.69 Å². The fraction of sp³-hybridized carbons (Fsp3) is 0.200. The van der Waals surface area contributed by atoms with Crippen molar-refractivity contribution in [1.29, 1.82) is 0 Å². The van der Waals surface area contributed by atoms with Crippen molar-refractivity contribution >= 4 is 5.91 Å². The van der Waals surface area contributed by atoms with Gasteiger partial charge in [-0.3, -0.25) is 9.48 Å². The topological polar surface area (TPSA) is 65.4 Å². The summed E-state index contributed by atoms with van der Waals surface area (Å²) >= 11 is 0. The molecule has 0 unspecified atom stereocenters. The van der Waals surface area contributed by atoms with Gasteiger partial charge in [0.25, 0.3) is 5.91 Å². The predicted molar refractivity (Wildman–Crippen MR) is 98.8 cm³/mol. The van der Waals surface area contributed by atoms with Gasteiger partial charge in [-0.1, -0.05) is 24.3 Å². The Morgan fingerprint density at radius 2 is 1.83 bits per heavy atom. The van der Waals surface area contributed by atoms with Crippen molar-refractivity contribution in [2.24, 2.45) is 7.05 Å². The minimum Gasteiger partial charge on any atom is -0.453 e. The molecule has 2 aromatic carbocycles. The lowest BCUT2D eigenvalue weighted by Gasteiger charge is -2.14. The van der Waals surface area contributed by atoms with Crippen LogP contribution in [0.15, 0.2) is 54.6 Å². The van der Waals surface area contributed by atoms with Crippen LogP contribution in [0, 0.1) is 6.92 Å². The number of ether oxygens (including phenoxy) is 2. The Balaban J connectivity index is 1.69. The van der Waals surface area contributed by atoms with Crippen LogP contribution in [-0.4, -0.2) is 22.1 Å². The highest BCUT2D eigenvalue weighted by Crippen LogP contribution is 2.35. The van der Waals surface area contributed by atoms with Crippen LogP contribution in [0.1, 0.15) is 21.7 Å². The first-order chi connectivity index (χ1) is 13.7. The highest BCUT2D eigenvalue weighted by Gasteiger charge is 2.32. The maximum absolute atomic E-state index is 12.5. The highest BCUT2D eigenvalue weighted by molar-refractivity contribution is 5.92. The van der Waals surface area contributed by atoms with Crippen molar-refractivity contribution in [1.82, 2.24) is 15.1 Å². The van der Waals surface area contributed by atoms with Crippen LogP contribution in [0.5, 0.6) is 17.2 Å². The zero-order valence-electron chi connectivity index (χ0n) is 15.7. The molecule has 1 aromatic heterocycles. The number of carbonyl (C=O) groups is 1. The van der Waals surface area contributed by atoms with E-state index < -0.39 is 12.1 Å². The van der Waals surface area contributed by atoms with Crippen molar-refractivity contribution in [2.75, 3.05) is 0 Å². The van der Waals surface area contributed by atoms with E-state index in [9.17, 15) is 18.0 Å². The van der Waals surface area contributed by atoms with Gasteiger partial charge in [0.2, 0.25) is 0 Å². The number of hydrogen-bond acceptors (Lipinski definition) is 4. The maximum Gasteiger partial charge on any atom is 0.573 e. The number of para-hydroxylation sites is 2. The molecule has 0 saturated carbocycles. The van der Waals surface area contributed by atoms with Crippen LogP contribution in [0.25, 0.3) is 0 Å². The van der Waals surface area contributed by atoms with E-state index in [1.807, 2.05) is 0 Å². The van der Waals surface area contributed by atoms with Crippen LogP contribution in [0.2, 0.25) is 0 Å². The lowest BCUT2D eigenvalue weighted by Crippen LogP contribution is -2.25. The zero-order valence-corrected chi connectivity index (χ0v) is 15.7. The minimum atomic E-state index is -4.82. The molecule has 0 radical (unpaired) electrons. The van der Waals surface area contributed by atoms with E-state index in [1.54, 1.807) is 50.4 Å². The van der Waals surface area contributed by atoms with Gasteiger partial charge in [-0.15, -0.1) is 13.2 Å². The van der Waals surface area contributed by atoms with E-state index in [0.29, 0.717) is 17.0 Å². The first-order valence-corrected chi connectivity index (χ1v) is 8.62. The summed E-state index contributed by atoms with van der Waals surface area (Å²) in [4.78, 5) is 12.3. The summed E-state index contributed by atoms with van der Waals surface area (Å²) in [6.07, 6.45) is -4.82. The van der Waals surface area contributed by atoms with Crippen LogP contribution in [0.3, 0.4) is 0 Å². The molecule has 152 valence electrons. The number of halogens is 3. The summed E-state index contributed by atoms with van der Waals surface area (Å²) < 4.78 is 48.7. The number of alkyl halides is 3. The summed E-state index contributed by atoms with van der Waals surface area (Å²) in [6, 6.07) is 13.8. The molecule has 0 saturated heterocycles. The van der Waals surface area contributed by atoms with Crippen molar-refractivity contribution in [3.05, 3.63) is 71.5 Å². The second kappa shape index (κ2) is 8.26. The van der Waals surface area contributed by atoms with E-state index >= 15 is 0 Å². The van der Waals surface area contributed by atoms with Crippen LogP contribution >= 0.6 is 0 Å². The Hall–Kier alpha value is -3.49. The molecule has 29 heavy (non-hydrogen) atoms. The van der Waals surface area contributed by atoms with Gasteiger partial charge in [-0.05, 0) is 42.8 Å². The summed E-state index contributed by atoms with van der Waals surface area (Å²) in [5.74, 6) is -0.489. The average Bonchev–Trinajstić information content (AvgIpc) is 2.99. The molecule has 0 aliphatic rings. The minimum absolute atomic E-state index is 0.0728. The van der Waals surface area contributed by atoms with Gasteiger partial charge in [0.05, 0.1) is 5.69 Å². The first-order valence-electron chi connectivity index (χ1n) is 8.62. The Kier molecular flexibility index (Phi) is 5.76. The van der Waals surface area contributed by atoms with Crippen LogP contribution in [0.4, 0.5) is 13.2 Å². The van der Waals surface area contributed by atoms with E-state index in [1.165, 1.54) is 22.9 Å². The standard InChI is InChI=1S/C20H18F3N3O3/c1-13-10-16(26(2)25-13)19(27)24-12-14-6-5-7-15(11-14)28-17-8-3-4-9-18(17)29-20(21,22)23/h3-11H,12H2,1-2H3,(H,24,27). The molecule has 9 heteroatoms. The van der Waals surface area contributed by atoms with Crippen molar-refractivity contribution in [3.8, 4) is 17.2 Å². The van der Waals surface area contributed by atoms with Gasteiger partial charge in [0.15, 0.2) is 11.5 Å². The largest absolute Gasteiger partial charge is 0.573 e. The lowest BCUT2D eigenvalue weighted by atomic mass is 10.2. The number of aromatic nitrogens is 2. The molecule has 0 aliphatic carbocycles. The molecule has 0 aliphatic heterocycles. The van der Waals surface area contributed by atoms with Crippen LogP contribution in [-0.2, 0) is 13.6 Å². The first kappa shape index (κ1) is 20.2. The summed E-state index contributed by atoms with van der Waals surface area (Å²) in [7, 11) is 1.68. The number of amides is 1. The smallest absolute Gasteiger partial charge is 0.453 e.